The number of piperazine rings is 1. The number of carbonyl (C=O) groups is 1. The molecule has 2 aromatic heterocycles. The lowest BCUT2D eigenvalue weighted by Gasteiger charge is -2.41. The Morgan fingerprint density at radius 2 is 1.78 bits per heavy atom. The van der Waals surface area contributed by atoms with Gasteiger partial charge in [0.05, 0.1) is 17.1 Å². The van der Waals surface area contributed by atoms with Crippen molar-refractivity contribution in [1.29, 1.82) is 0 Å². The van der Waals surface area contributed by atoms with E-state index in [-0.39, 0.29) is 18.0 Å². The highest BCUT2D eigenvalue weighted by atomic mass is 19.1. The molecular formula is C22H29BFN5O3. The summed E-state index contributed by atoms with van der Waals surface area (Å²) in [4.78, 5) is 21.6. The topological polar surface area (TPSA) is 72.2 Å². The zero-order valence-corrected chi connectivity index (χ0v) is 19.0. The van der Waals surface area contributed by atoms with Gasteiger partial charge in [-0.2, -0.15) is 5.10 Å². The van der Waals surface area contributed by atoms with Gasteiger partial charge in [0.15, 0.2) is 5.82 Å². The van der Waals surface area contributed by atoms with Crippen LogP contribution in [-0.2, 0) is 14.1 Å². The van der Waals surface area contributed by atoms with Crippen molar-refractivity contribution in [2.75, 3.05) is 18.0 Å². The molecule has 0 radical (unpaired) electrons. The van der Waals surface area contributed by atoms with E-state index in [0.29, 0.717) is 19.5 Å². The highest BCUT2D eigenvalue weighted by Crippen LogP contribution is 2.41. The van der Waals surface area contributed by atoms with Gasteiger partial charge in [0, 0.05) is 36.8 Å². The average molecular weight is 441 g/mol. The lowest BCUT2D eigenvalue weighted by Crippen LogP contribution is -2.56. The van der Waals surface area contributed by atoms with Crippen LogP contribution >= 0.6 is 0 Å². The van der Waals surface area contributed by atoms with Crippen LogP contribution in [0.3, 0.4) is 0 Å². The Balaban J connectivity index is 1.27. The van der Waals surface area contributed by atoms with Gasteiger partial charge in [-0.25, -0.2) is 13.9 Å². The molecule has 1 amide bonds. The monoisotopic (exact) mass is 441 g/mol. The molecule has 6 rings (SSSR count). The van der Waals surface area contributed by atoms with Crippen LogP contribution < -0.4 is 10.4 Å². The fraction of sp³-hybridized carbons (Fsp3) is 0.682. The first-order chi connectivity index (χ1) is 15.1. The summed E-state index contributed by atoms with van der Waals surface area (Å²) in [6, 6.07) is 2.26. The molecule has 0 aromatic carbocycles. The average Bonchev–Trinajstić information content (AvgIpc) is 3.09. The Hall–Kier alpha value is -2.20. The van der Waals surface area contributed by atoms with Crippen molar-refractivity contribution in [1.82, 2.24) is 19.5 Å². The number of alkyl halides is 1. The Kier molecular flexibility index (Phi) is 4.25. The summed E-state index contributed by atoms with van der Waals surface area (Å²) in [5.74, 6) is 0.438. The summed E-state index contributed by atoms with van der Waals surface area (Å²) >= 11 is 0. The van der Waals surface area contributed by atoms with E-state index in [9.17, 15) is 9.18 Å². The highest BCUT2D eigenvalue weighted by Gasteiger charge is 2.53. The number of amides is 1. The third kappa shape index (κ3) is 2.99. The van der Waals surface area contributed by atoms with Gasteiger partial charge in [0.25, 0.3) is 0 Å². The largest absolute Gasteiger partial charge is 0.496 e. The maximum Gasteiger partial charge on any atom is 0.496 e. The molecule has 5 heterocycles. The van der Waals surface area contributed by atoms with Crippen molar-refractivity contribution in [2.45, 2.75) is 76.4 Å². The predicted molar refractivity (Wildman–Crippen MR) is 118 cm³/mol. The van der Waals surface area contributed by atoms with Crippen molar-refractivity contribution in [3.63, 3.8) is 0 Å². The van der Waals surface area contributed by atoms with E-state index in [4.69, 9.17) is 9.31 Å². The molecule has 3 saturated heterocycles. The van der Waals surface area contributed by atoms with E-state index in [2.05, 4.69) is 15.0 Å². The highest BCUT2D eigenvalue weighted by molar-refractivity contribution is 6.62. The Bertz CT molecular complexity index is 1060. The van der Waals surface area contributed by atoms with Gasteiger partial charge in [-0.15, -0.1) is 0 Å². The first-order valence-electron chi connectivity index (χ1n) is 11.5. The predicted octanol–water partition coefficient (Wildman–Crippen LogP) is 1.57. The standard InChI is InChI=1S/C22H29BFN5O3/c1-21(2)22(3,4)32-23(31-21)13-7-18-19(25-12-26-28(18)9-13)27-10-14-5-6-15(11-27)29(14)20(30)16-8-17(16)24/h7,9,12,14-17H,5-6,8,10-11H2,1-4H3/t14?,15?,16-,17-/m1/s1. The van der Waals surface area contributed by atoms with Crippen LogP contribution in [0, 0.1) is 5.92 Å². The van der Waals surface area contributed by atoms with Gasteiger partial charge in [-0.3, -0.25) is 4.79 Å². The second-order valence-electron chi connectivity index (χ2n) is 10.7. The third-order valence-corrected chi connectivity index (χ3v) is 8.00. The number of halogens is 1. The minimum Gasteiger partial charge on any atom is -0.399 e. The molecule has 0 N–H and O–H groups in total. The molecule has 170 valence electrons. The van der Waals surface area contributed by atoms with Crippen LogP contribution in [0.4, 0.5) is 10.2 Å². The summed E-state index contributed by atoms with van der Waals surface area (Å²) in [6.07, 6.45) is 4.85. The van der Waals surface area contributed by atoms with Crippen LogP contribution in [0.5, 0.6) is 0 Å². The van der Waals surface area contributed by atoms with Crippen LogP contribution in [0.25, 0.3) is 5.52 Å². The molecule has 1 saturated carbocycles. The Morgan fingerprint density at radius 1 is 1.16 bits per heavy atom. The van der Waals surface area contributed by atoms with Crippen molar-refractivity contribution >= 4 is 29.8 Å². The molecule has 4 fully saturated rings. The molecule has 4 atom stereocenters. The molecule has 4 aliphatic rings. The van der Waals surface area contributed by atoms with Gasteiger partial charge >= 0.3 is 7.12 Å². The summed E-state index contributed by atoms with van der Waals surface area (Å²) in [7, 11) is -0.465. The van der Waals surface area contributed by atoms with Gasteiger partial charge in [-0.05, 0) is 53.0 Å². The Morgan fingerprint density at radius 3 is 2.38 bits per heavy atom. The van der Waals surface area contributed by atoms with E-state index in [1.165, 1.54) is 0 Å². The molecule has 32 heavy (non-hydrogen) atoms. The molecule has 1 aliphatic carbocycles. The van der Waals surface area contributed by atoms with Crippen LogP contribution in [-0.4, -0.2) is 75.1 Å². The van der Waals surface area contributed by atoms with Crippen molar-refractivity contribution in [2.24, 2.45) is 5.92 Å². The van der Waals surface area contributed by atoms with Gasteiger partial charge in [-0.1, -0.05) is 0 Å². The number of nitrogens with zero attached hydrogens (tertiary/aromatic N) is 5. The van der Waals surface area contributed by atoms with E-state index in [1.807, 2.05) is 49.4 Å². The molecule has 0 spiro atoms. The first kappa shape index (κ1) is 20.4. The van der Waals surface area contributed by atoms with Crippen molar-refractivity contribution in [3.8, 4) is 0 Å². The maximum atomic E-state index is 13.5. The third-order valence-electron chi connectivity index (χ3n) is 8.00. The number of fused-ring (bicyclic) bond motifs is 3. The lowest BCUT2D eigenvalue weighted by molar-refractivity contribution is -0.136. The van der Waals surface area contributed by atoms with Crippen LogP contribution in [0.1, 0.15) is 47.0 Å². The van der Waals surface area contributed by atoms with Crippen molar-refractivity contribution in [3.05, 3.63) is 18.6 Å². The molecule has 2 bridgehead atoms. The second kappa shape index (κ2) is 6.66. The molecule has 8 nitrogen and oxygen atoms in total. The zero-order valence-electron chi connectivity index (χ0n) is 19.0. The van der Waals surface area contributed by atoms with Crippen molar-refractivity contribution < 1.29 is 18.5 Å². The fourth-order valence-electron chi connectivity index (χ4n) is 5.34. The van der Waals surface area contributed by atoms with E-state index >= 15 is 0 Å². The van der Waals surface area contributed by atoms with Crippen LogP contribution in [0.2, 0.25) is 0 Å². The normalized spacial score (nSPS) is 32.7. The zero-order chi connectivity index (χ0) is 22.4. The lowest BCUT2D eigenvalue weighted by atomic mass is 9.81. The summed E-state index contributed by atoms with van der Waals surface area (Å²) in [5, 5.41) is 4.40. The molecular weight excluding hydrogens is 412 g/mol. The van der Waals surface area contributed by atoms with E-state index in [0.717, 1.165) is 29.6 Å². The number of anilines is 1. The quantitative estimate of drug-likeness (QED) is 0.674. The molecule has 2 unspecified atom stereocenters. The first-order valence-corrected chi connectivity index (χ1v) is 11.5. The number of carbonyl (C=O) groups excluding carboxylic acids is 1. The smallest absolute Gasteiger partial charge is 0.399 e. The van der Waals surface area contributed by atoms with E-state index < -0.39 is 30.4 Å². The number of hydrogen-bond donors (Lipinski definition) is 0. The SMILES string of the molecule is CC1(C)OB(c2cc3c(N4CC5CCC(C4)N5C(=O)[C@@H]4C[C@H]4F)ncnn3c2)OC1(C)C. The fourth-order valence-corrected chi connectivity index (χ4v) is 5.34. The molecule has 2 aromatic rings. The van der Waals surface area contributed by atoms with Gasteiger partial charge in [0.2, 0.25) is 5.91 Å². The number of aromatic nitrogens is 3. The number of hydrogen-bond acceptors (Lipinski definition) is 6. The second-order valence-corrected chi connectivity index (χ2v) is 10.7. The summed E-state index contributed by atoms with van der Waals surface area (Å²) in [5.41, 5.74) is 0.970. The molecule has 3 aliphatic heterocycles. The van der Waals surface area contributed by atoms with Gasteiger partial charge < -0.3 is 19.1 Å². The van der Waals surface area contributed by atoms with Gasteiger partial charge in [0.1, 0.15) is 18.0 Å². The number of rotatable bonds is 3. The molecule has 10 heteroatoms. The minimum absolute atomic E-state index is 0.00298. The Labute approximate surface area is 187 Å². The van der Waals surface area contributed by atoms with Crippen LogP contribution in [0.15, 0.2) is 18.6 Å². The summed E-state index contributed by atoms with van der Waals surface area (Å²) < 4.78 is 27.7. The maximum absolute atomic E-state index is 13.5. The minimum atomic E-state index is -0.949. The summed E-state index contributed by atoms with van der Waals surface area (Å²) in [6.45, 7) is 9.56. The van der Waals surface area contributed by atoms with E-state index in [1.54, 1.807) is 6.33 Å².